The summed E-state index contributed by atoms with van der Waals surface area (Å²) in [5, 5.41) is 11.6. The SMILES string of the molecule is CCC1(CNC(=O)C2CC2C(=O)O)CC1. The summed E-state index contributed by atoms with van der Waals surface area (Å²) in [6, 6.07) is 0. The molecule has 0 spiro atoms. The molecule has 84 valence electrons. The standard InChI is InChI=1S/C11H17NO3/c1-2-11(3-4-11)6-12-9(13)7-5-8(7)10(14)15/h7-8H,2-6H2,1H3,(H,12,13)(H,14,15). The Hall–Kier alpha value is -1.06. The predicted octanol–water partition coefficient (Wildman–Crippen LogP) is 1.01. The van der Waals surface area contributed by atoms with Gasteiger partial charge in [0.2, 0.25) is 5.91 Å². The van der Waals surface area contributed by atoms with Crippen LogP contribution in [-0.2, 0) is 9.59 Å². The highest BCUT2D eigenvalue weighted by atomic mass is 16.4. The topological polar surface area (TPSA) is 66.4 Å². The normalized spacial score (nSPS) is 30.7. The fourth-order valence-corrected chi connectivity index (χ4v) is 2.00. The summed E-state index contributed by atoms with van der Waals surface area (Å²) in [5.41, 5.74) is 0.337. The first-order valence-electron chi connectivity index (χ1n) is 5.58. The smallest absolute Gasteiger partial charge is 0.307 e. The molecule has 0 aliphatic heterocycles. The van der Waals surface area contributed by atoms with E-state index in [1.165, 1.54) is 12.8 Å². The van der Waals surface area contributed by atoms with Crippen molar-refractivity contribution in [2.75, 3.05) is 6.54 Å². The second kappa shape index (κ2) is 3.51. The maximum atomic E-state index is 11.5. The molecule has 15 heavy (non-hydrogen) atoms. The van der Waals surface area contributed by atoms with Crippen LogP contribution in [0.4, 0.5) is 0 Å². The van der Waals surface area contributed by atoms with Crippen molar-refractivity contribution in [3.63, 3.8) is 0 Å². The van der Waals surface area contributed by atoms with Crippen molar-refractivity contribution in [2.24, 2.45) is 17.3 Å². The largest absolute Gasteiger partial charge is 0.481 e. The van der Waals surface area contributed by atoms with Gasteiger partial charge in [-0.3, -0.25) is 9.59 Å². The molecule has 2 unspecified atom stereocenters. The van der Waals surface area contributed by atoms with Gasteiger partial charge in [-0.05, 0) is 31.1 Å². The zero-order valence-electron chi connectivity index (χ0n) is 8.95. The van der Waals surface area contributed by atoms with Gasteiger partial charge in [0.05, 0.1) is 11.8 Å². The minimum atomic E-state index is -0.841. The first-order valence-corrected chi connectivity index (χ1v) is 5.58. The fourth-order valence-electron chi connectivity index (χ4n) is 2.00. The van der Waals surface area contributed by atoms with Gasteiger partial charge in [-0.1, -0.05) is 6.92 Å². The number of carboxylic acids is 1. The maximum absolute atomic E-state index is 11.5. The van der Waals surface area contributed by atoms with E-state index in [9.17, 15) is 9.59 Å². The molecule has 4 heteroatoms. The molecule has 0 aromatic carbocycles. The Morgan fingerprint density at radius 2 is 2.07 bits per heavy atom. The highest BCUT2D eigenvalue weighted by Crippen LogP contribution is 2.48. The van der Waals surface area contributed by atoms with E-state index in [1.807, 2.05) is 0 Å². The molecule has 0 saturated heterocycles. The molecule has 0 heterocycles. The van der Waals surface area contributed by atoms with Gasteiger partial charge in [-0.2, -0.15) is 0 Å². The van der Waals surface area contributed by atoms with Crippen LogP contribution in [-0.4, -0.2) is 23.5 Å². The van der Waals surface area contributed by atoms with Crippen molar-refractivity contribution in [1.82, 2.24) is 5.32 Å². The quantitative estimate of drug-likeness (QED) is 0.713. The highest BCUT2D eigenvalue weighted by Gasteiger charge is 2.49. The summed E-state index contributed by atoms with van der Waals surface area (Å²) < 4.78 is 0. The van der Waals surface area contributed by atoms with E-state index in [1.54, 1.807) is 0 Å². The number of nitrogens with one attached hydrogen (secondary N) is 1. The van der Waals surface area contributed by atoms with Gasteiger partial charge < -0.3 is 10.4 Å². The van der Waals surface area contributed by atoms with E-state index in [4.69, 9.17) is 5.11 Å². The fraction of sp³-hybridized carbons (Fsp3) is 0.818. The number of carbonyl (C=O) groups is 2. The number of amides is 1. The zero-order chi connectivity index (χ0) is 11.1. The Labute approximate surface area is 89.0 Å². The van der Waals surface area contributed by atoms with Crippen LogP contribution >= 0.6 is 0 Å². The van der Waals surface area contributed by atoms with Crippen LogP contribution in [0.25, 0.3) is 0 Å². The molecule has 0 radical (unpaired) electrons. The predicted molar refractivity (Wildman–Crippen MR) is 54.2 cm³/mol. The van der Waals surface area contributed by atoms with Crippen LogP contribution in [0.5, 0.6) is 0 Å². The van der Waals surface area contributed by atoms with Crippen molar-refractivity contribution in [1.29, 1.82) is 0 Å². The van der Waals surface area contributed by atoms with Crippen LogP contribution in [0.1, 0.15) is 32.6 Å². The van der Waals surface area contributed by atoms with E-state index < -0.39 is 11.9 Å². The van der Waals surface area contributed by atoms with Crippen LogP contribution < -0.4 is 5.32 Å². The minimum absolute atomic E-state index is 0.0675. The van der Waals surface area contributed by atoms with E-state index in [2.05, 4.69) is 12.2 Å². The Bertz CT molecular complexity index is 296. The summed E-state index contributed by atoms with van der Waals surface area (Å²) in [6.45, 7) is 2.86. The molecule has 2 aliphatic carbocycles. The maximum Gasteiger partial charge on any atom is 0.307 e. The molecule has 2 rings (SSSR count). The van der Waals surface area contributed by atoms with E-state index >= 15 is 0 Å². The van der Waals surface area contributed by atoms with Crippen molar-refractivity contribution in [3.8, 4) is 0 Å². The van der Waals surface area contributed by atoms with Crippen molar-refractivity contribution in [3.05, 3.63) is 0 Å². The lowest BCUT2D eigenvalue weighted by Crippen LogP contribution is -2.32. The molecule has 1 amide bonds. The number of carboxylic acid groups (broad SMARTS) is 1. The van der Waals surface area contributed by atoms with Crippen molar-refractivity contribution in [2.45, 2.75) is 32.6 Å². The van der Waals surface area contributed by atoms with Gasteiger partial charge >= 0.3 is 5.97 Å². The number of carbonyl (C=O) groups excluding carboxylic acids is 1. The van der Waals surface area contributed by atoms with Crippen LogP contribution in [0.2, 0.25) is 0 Å². The average Bonchev–Trinajstić information content (AvgIpc) is 3.08. The third-order valence-corrected chi connectivity index (χ3v) is 3.79. The van der Waals surface area contributed by atoms with Crippen LogP contribution in [0.3, 0.4) is 0 Å². The van der Waals surface area contributed by atoms with Gasteiger partial charge in [0, 0.05) is 6.54 Å². The highest BCUT2D eigenvalue weighted by molar-refractivity contribution is 5.89. The molecule has 0 bridgehead atoms. The van der Waals surface area contributed by atoms with Crippen molar-refractivity contribution >= 4 is 11.9 Å². The summed E-state index contributed by atoms with van der Waals surface area (Å²) >= 11 is 0. The Morgan fingerprint density at radius 1 is 1.40 bits per heavy atom. The Balaban J connectivity index is 1.73. The molecule has 2 N–H and O–H groups in total. The lowest BCUT2D eigenvalue weighted by molar-refractivity contribution is -0.140. The lowest BCUT2D eigenvalue weighted by atomic mass is 10.0. The monoisotopic (exact) mass is 211 g/mol. The summed E-state index contributed by atoms with van der Waals surface area (Å²) in [6.07, 6.45) is 3.99. The van der Waals surface area contributed by atoms with E-state index in [0.717, 1.165) is 13.0 Å². The van der Waals surface area contributed by atoms with Gasteiger partial charge in [-0.15, -0.1) is 0 Å². The van der Waals surface area contributed by atoms with Gasteiger partial charge in [0.25, 0.3) is 0 Å². The summed E-state index contributed by atoms with van der Waals surface area (Å²) in [7, 11) is 0. The van der Waals surface area contributed by atoms with Gasteiger partial charge in [0.1, 0.15) is 0 Å². The molecule has 2 fully saturated rings. The van der Waals surface area contributed by atoms with Gasteiger partial charge in [0.15, 0.2) is 0 Å². The Kier molecular flexibility index (Phi) is 2.44. The average molecular weight is 211 g/mol. The Morgan fingerprint density at radius 3 is 2.47 bits per heavy atom. The second-order valence-electron chi connectivity index (χ2n) is 4.86. The molecular formula is C11H17NO3. The second-order valence-corrected chi connectivity index (χ2v) is 4.86. The van der Waals surface area contributed by atoms with Crippen molar-refractivity contribution < 1.29 is 14.7 Å². The minimum Gasteiger partial charge on any atom is -0.481 e. The summed E-state index contributed by atoms with van der Waals surface area (Å²) in [4.78, 5) is 22.1. The van der Waals surface area contributed by atoms with Crippen LogP contribution in [0, 0.1) is 17.3 Å². The molecule has 0 aromatic rings. The number of hydrogen-bond acceptors (Lipinski definition) is 2. The third kappa shape index (κ3) is 2.13. The van der Waals surface area contributed by atoms with Crippen LogP contribution in [0.15, 0.2) is 0 Å². The molecular weight excluding hydrogens is 194 g/mol. The molecule has 2 aliphatic rings. The molecule has 2 atom stereocenters. The number of aliphatic carboxylic acids is 1. The summed E-state index contributed by atoms with van der Waals surface area (Å²) in [5.74, 6) is -1.61. The molecule has 4 nitrogen and oxygen atoms in total. The zero-order valence-corrected chi connectivity index (χ0v) is 8.95. The number of rotatable bonds is 5. The molecule has 0 aromatic heterocycles. The van der Waals surface area contributed by atoms with E-state index in [0.29, 0.717) is 11.8 Å². The van der Waals surface area contributed by atoms with Gasteiger partial charge in [-0.25, -0.2) is 0 Å². The number of hydrogen-bond donors (Lipinski definition) is 2. The lowest BCUT2D eigenvalue weighted by Gasteiger charge is -2.12. The molecule has 2 saturated carbocycles. The third-order valence-electron chi connectivity index (χ3n) is 3.79. The first-order chi connectivity index (χ1) is 7.08. The first kappa shape index (κ1) is 10.5. The van der Waals surface area contributed by atoms with E-state index in [-0.39, 0.29) is 11.8 Å².